The topological polar surface area (TPSA) is 59.1 Å². The third kappa shape index (κ3) is 2.83. The van der Waals surface area contributed by atoms with Gasteiger partial charge in [-0.25, -0.2) is 13.1 Å². The number of aromatic nitrogens is 1. The molecule has 19 heavy (non-hydrogen) atoms. The molecular formula is C14H16N2O2S. The predicted octanol–water partition coefficient (Wildman–Crippen LogP) is 2.27. The molecule has 1 aromatic heterocycles. The van der Waals surface area contributed by atoms with Crippen molar-refractivity contribution in [1.29, 1.82) is 0 Å². The van der Waals surface area contributed by atoms with Crippen molar-refractivity contribution in [3.05, 3.63) is 47.8 Å². The maximum absolute atomic E-state index is 11.6. The molecule has 1 heterocycles. The molecule has 0 aliphatic rings. The fraction of sp³-hybridized carbons (Fsp3) is 0.214. The van der Waals surface area contributed by atoms with Gasteiger partial charge in [-0.3, -0.25) is 4.98 Å². The summed E-state index contributed by atoms with van der Waals surface area (Å²) < 4.78 is 25.6. The van der Waals surface area contributed by atoms with Gasteiger partial charge in [-0.1, -0.05) is 12.1 Å². The largest absolute Gasteiger partial charge is 0.261 e. The zero-order valence-corrected chi connectivity index (χ0v) is 12.0. The predicted molar refractivity (Wildman–Crippen MR) is 75.4 cm³/mol. The summed E-state index contributed by atoms with van der Waals surface area (Å²) in [5.74, 6) is 0. The molecule has 0 amide bonds. The Kier molecular flexibility index (Phi) is 3.68. The normalized spacial score (nSPS) is 11.5. The summed E-state index contributed by atoms with van der Waals surface area (Å²) in [4.78, 5) is 4.49. The van der Waals surface area contributed by atoms with E-state index in [9.17, 15) is 8.42 Å². The van der Waals surface area contributed by atoms with E-state index in [2.05, 4.69) is 9.71 Å². The first kappa shape index (κ1) is 13.7. The summed E-state index contributed by atoms with van der Waals surface area (Å²) in [5, 5.41) is 0. The highest BCUT2D eigenvalue weighted by Gasteiger charge is 2.11. The fourth-order valence-electron chi connectivity index (χ4n) is 1.87. The fourth-order valence-corrected chi connectivity index (χ4v) is 2.60. The van der Waals surface area contributed by atoms with Crippen LogP contribution in [0.2, 0.25) is 0 Å². The first-order valence-electron chi connectivity index (χ1n) is 5.91. The van der Waals surface area contributed by atoms with Gasteiger partial charge in [-0.05, 0) is 55.8 Å². The van der Waals surface area contributed by atoms with Gasteiger partial charge < -0.3 is 0 Å². The van der Waals surface area contributed by atoms with Gasteiger partial charge in [0.25, 0.3) is 0 Å². The van der Waals surface area contributed by atoms with Gasteiger partial charge in [0, 0.05) is 11.9 Å². The minimum absolute atomic E-state index is 0.266. The molecule has 0 radical (unpaired) electrons. The monoisotopic (exact) mass is 276 g/mol. The number of aryl methyl sites for hydroxylation is 2. The van der Waals surface area contributed by atoms with Crippen LogP contribution >= 0.6 is 0 Å². The van der Waals surface area contributed by atoms with E-state index in [-0.39, 0.29) is 4.90 Å². The van der Waals surface area contributed by atoms with E-state index in [1.807, 2.05) is 38.2 Å². The third-order valence-corrected chi connectivity index (χ3v) is 4.41. The summed E-state index contributed by atoms with van der Waals surface area (Å²) in [6, 6.07) is 8.83. The molecule has 1 aromatic carbocycles. The summed E-state index contributed by atoms with van der Waals surface area (Å²) in [7, 11) is -1.98. The smallest absolute Gasteiger partial charge is 0.240 e. The van der Waals surface area contributed by atoms with Crippen molar-refractivity contribution in [2.75, 3.05) is 7.05 Å². The highest BCUT2D eigenvalue weighted by atomic mass is 32.2. The summed E-state index contributed by atoms with van der Waals surface area (Å²) in [5.41, 5.74) is 4.06. The van der Waals surface area contributed by atoms with Gasteiger partial charge in [0.15, 0.2) is 0 Å². The lowest BCUT2D eigenvalue weighted by atomic mass is 10.0. The molecule has 0 unspecified atom stereocenters. The Morgan fingerprint density at radius 2 is 1.74 bits per heavy atom. The van der Waals surface area contributed by atoms with E-state index >= 15 is 0 Å². The Bertz CT molecular complexity index is 692. The van der Waals surface area contributed by atoms with E-state index < -0.39 is 10.0 Å². The quantitative estimate of drug-likeness (QED) is 0.935. The highest BCUT2D eigenvalue weighted by molar-refractivity contribution is 7.89. The van der Waals surface area contributed by atoms with Crippen molar-refractivity contribution in [2.45, 2.75) is 18.7 Å². The first-order valence-corrected chi connectivity index (χ1v) is 7.39. The Morgan fingerprint density at radius 1 is 1.11 bits per heavy atom. The molecule has 0 saturated carbocycles. The van der Waals surface area contributed by atoms with Crippen molar-refractivity contribution >= 4 is 10.0 Å². The number of nitrogens with one attached hydrogen (secondary N) is 1. The molecule has 0 bridgehead atoms. The van der Waals surface area contributed by atoms with Gasteiger partial charge in [0.2, 0.25) is 10.0 Å². The van der Waals surface area contributed by atoms with Crippen molar-refractivity contribution in [3.63, 3.8) is 0 Å². The van der Waals surface area contributed by atoms with Crippen LogP contribution in [0.15, 0.2) is 41.4 Å². The third-order valence-electron chi connectivity index (χ3n) is 2.98. The minimum atomic E-state index is -3.38. The molecule has 2 aromatic rings. The first-order chi connectivity index (χ1) is 8.94. The van der Waals surface area contributed by atoms with E-state index in [1.165, 1.54) is 7.05 Å². The molecule has 0 aliphatic heterocycles. The molecule has 0 aliphatic carbocycles. The van der Waals surface area contributed by atoms with Crippen LogP contribution in [0.1, 0.15) is 11.3 Å². The second kappa shape index (κ2) is 5.11. The summed E-state index contributed by atoms with van der Waals surface area (Å²) >= 11 is 0. The van der Waals surface area contributed by atoms with Gasteiger partial charge >= 0.3 is 0 Å². The molecule has 0 fully saturated rings. The molecule has 1 N–H and O–H groups in total. The van der Waals surface area contributed by atoms with Crippen molar-refractivity contribution < 1.29 is 8.42 Å². The van der Waals surface area contributed by atoms with E-state index in [1.54, 1.807) is 12.1 Å². The standard InChI is InChI=1S/C14H16N2O2S/c1-10-9-16-11(2)8-14(10)12-4-6-13(7-5-12)19(17,18)15-3/h4-9,15H,1-3H3. The highest BCUT2D eigenvalue weighted by Crippen LogP contribution is 2.24. The van der Waals surface area contributed by atoms with Crippen molar-refractivity contribution in [3.8, 4) is 11.1 Å². The average molecular weight is 276 g/mol. The number of hydrogen-bond donors (Lipinski definition) is 1. The molecule has 0 atom stereocenters. The Morgan fingerprint density at radius 3 is 2.32 bits per heavy atom. The average Bonchev–Trinajstić information content (AvgIpc) is 2.42. The second-order valence-electron chi connectivity index (χ2n) is 4.37. The van der Waals surface area contributed by atoms with Crippen LogP contribution < -0.4 is 4.72 Å². The van der Waals surface area contributed by atoms with Crippen molar-refractivity contribution in [2.24, 2.45) is 0 Å². The zero-order chi connectivity index (χ0) is 14.0. The summed E-state index contributed by atoms with van der Waals surface area (Å²) in [6.45, 7) is 3.92. The van der Waals surface area contributed by atoms with Gasteiger partial charge in [0.1, 0.15) is 0 Å². The van der Waals surface area contributed by atoms with Crippen LogP contribution in [0.5, 0.6) is 0 Å². The molecule has 2 rings (SSSR count). The number of benzene rings is 1. The van der Waals surface area contributed by atoms with Crippen molar-refractivity contribution in [1.82, 2.24) is 9.71 Å². The number of hydrogen-bond acceptors (Lipinski definition) is 3. The maximum atomic E-state index is 11.6. The van der Waals surface area contributed by atoms with Gasteiger partial charge in [0.05, 0.1) is 4.90 Å². The Labute approximate surface area is 113 Å². The number of rotatable bonds is 3. The lowest BCUT2D eigenvalue weighted by Gasteiger charge is -2.08. The summed E-state index contributed by atoms with van der Waals surface area (Å²) in [6.07, 6.45) is 1.82. The van der Waals surface area contributed by atoms with Crippen LogP contribution in [-0.2, 0) is 10.0 Å². The van der Waals surface area contributed by atoms with E-state index in [4.69, 9.17) is 0 Å². The Hall–Kier alpha value is -1.72. The van der Waals surface area contributed by atoms with Crippen LogP contribution in [0.4, 0.5) is 0 Å². The zero-order valence-electron chi connectivity index (χ0n) is 11.1. The molecule has 100 valence electrons. The second-order valence-corrected chi connectivity index (χ2v) is 6.26. The van der Waals surface area contributed by atoms with Crippen LogP contribution in [0.25, 0.3) is 11.1 Å². The molecule has 0 saturated heterocycles. The number of sulfonamides is 1. The van der Waals surface area contributed by atoms with E-state index in [0.29, 0.717) is 0 Å². The lowest BCUT2D eigenvalue weighted by Crippen LogP contribution is -2.18. The minimum Gasteiger partial charge on any atom is -0.261 e. The molecular weight excluding hydrogens is 260 g/mol. The van der Waals surface area contributed by atoms with Crippen LogP contribution in [0, 0.1) is 13.8 Å². The molecule has 5 heteroatoms. The SMILES string of the molecule is CNS(=O)(=O)c1ccc(-c2cc(C)ncc2C)cc1. The van der Waals surface area contributed by atoms with Crippen LogP contribution in [0.3, 0.4) is 0 Å². The molecule has 0 spiro atoms. The Balaban J connectivity index is 2.46. The maximum Gasteiger partial charge on any atom is 0.240 e. The van der Waals surface area contributed by atoms with E-state index in [0.717, 1.165) is 22.4 Å². The number of nitrogens with zero attached hydrogens (tertiary/aromatic N) is 1. The molecule has 4 nitrogen and oxygen atoms in total. The lowest BCUT2D eigenvalue weighted by molar-refractivity contribution is 0.588. The van der Waals surface area contributed by atoms with Crippen LogP contribution in [-0.4, -0.2) is 20.4 Å². The van der Waals surface area contributed by atoms with Gasteiger partial charge in [-0.2, -0.15) is 0 Å². The number of pyridine rings is 1. The van der Waals surface area contributed by atoms with Gasteiger partial charge in [-0.15, -0.1) is 0 Å².